The molecule has 3 aromatic rings. The molecule has 31 heavy (non-hydrogen) atoms. The van der Waals surface area contributed by atoms with E-state index in [4.69, 9.17) is 0 Å². The second-order valence-electron chi connectivity index (χ2n) is 7.61. The fourth-order valence-electron chi connectivity index (χ4n) is 3.73. The Morgan fingerprint density at radius 3 is 2.55 bits per heavy atom. The third kappa shape index (κ3) is 4.98. The van der Waals surface area contributed by atoms with Crippen LogP contribution < -0.4 is 15.4 Å². The monoisotopic (exact) mass is 455 g/mol. The van der Waals surface area contributed by atoms with E-state index in [9.17, 15) is 13.2 Å². The number of amides is 1. The molecule has 0 spiro atoms. The molecule has 2 aromatic carbocycles. The van der Waals surface area contributed by atoms with Gasteiger partial charge in [0.05, 0.1) is 4.90 Å². The number of anilines is 2. The second kappa shape index (κ2) is 8.82. The highest BCUT2D eigenvalue weighted by Gasteiger charge is 2.18. The third-order valence-corrected chi connectivity index (χ3v) is 7.76. The van der Waals surface area contributed by atoms with E-state index < -0.39 is 10.0 Å². The maximum Gasteiger partial charge on any atom is 0.255 e. The molecule has 0 saturated heterocycles. The molecule has 8 heteroatoms. The first-order chi connectivity index (χ1) is 14.8. The summed E-state index contributed by atoms with van der Waals surface area (Å²) in [5.41, 5.74) is 4.16. The molecule has 0 bridgehead atoms. The predicted octanol–water partition coefficient (Wildman–Crippen LogP) is 4.32. The molecule has 162 valence electrons. The number of carbonyl (C=O) groups is 1. The number of thiophene rings is 1. The van der Waals surface area contributed by atoms with Crippen molar-refractivity contribution in [3.8, 4) is 0 Å². The Bertz CT molecular complexity index is 1230. The first kappa shape index (κ1) is 21.5. The number of hydrogen-bond donors (Lipinski definition) is 3. The van der Waals surface area contributed by atoms with Crippen LogP contribution in [0, 0.1) is 6.92 Å². The summed E-state index contributed by atoms with van der Waals surface area (Å²) in [4.78, 5) is 15.3. The second-order valence-corrected chi connectivity index (χ2v) is 10.9. The Hall–Kier alpha value is -2.68. The summed E-state index contributed by atoms with van der Waals surface area (Å²) in [5.74, 6) is -0.346. The van der Waals surface area contributed by atoms with Gasteiger partial charge >= 0.3 is 0 Å². The van der Waals surface area contributed by atoms with Crippen LogP contribution in [0.25, 0.3) is 0 Å². The van der Waals surface area contributed by atoms with Crippen molar-refractivity contribution in [2.45, 2.75) is 37.6 Å². The van der Waals surface area contributed by atoms with E-state index in [1.807, 2.05) is 31.2 Å². The summed E-state index contributed by atoms with van der Waals surface area (Å²) in [5, 5.41) is 6.15. The normalized spacial score (nSPS) is 13.1. The molecule has 0 fully saturated rings. The molecule has 3 N–H and O–H groups in total. The molecule has 0 saturated carbocycles. The highest BCUT2D eigenvalue weighted by Crippen LogP contribution is 2.26. The molecule has 1 aliphatic carbocycles. The number of hydrogen-bond acceptors (Lipinski definition) is 5. The Kier molecular flexibility index (Phi) is 6.13. The van der Waals surface area contributed by atoms with Crippen LogP contribution in [0.2, 0.25) is 0 Å². The zero-order valence-corrected chi connectivity index (χ0v) is 19.1. The summed E-state index contributed by atoms with van der Waals surface area (Å²) >= 11 is 1.67. The third-order valence-electron chi connectivity index (χ3n) is 5.37. The Labute approximate surface area is 186 Å². The Balaban J connectivity index is 1.60. The van der Waals surface area contributed by atoms with Crippen LogP contribution in [-0.4, -0.2) is 21.4 Å². The van der Waals surface area contributed by atoms with Gasteiger partial charge in [-0.1, -0.05) is 6.07 Å². The maximum atomic E-state index is 13.0. The minimum absolute atomic E-state index is 0.0430. The zero-order chi connectivity index (χ0) is 22.0. The highest BCUT2D eigenvalue weighted by atomic mass is 32.2. The van der Waals surface area contributed by atoms with Crippen molar-refractivity contribution in [1.82, 2.24) is 4.72 Å². The van der Waals surface area contributed by atoms with E-state index in [1.54, 1.807) is 23.5 Å². The first-order valence-corrected chi connectivity index (χ1v) is 12.4. The summed E-state index contributed by atoms with van der Waals surface area (Å²) in [6.45, 7) is 2.59. The van der Waals surface area contributed by atoms with Crippen molar-refractivity contribution in [2.24, 2.45) is 0 Å². The van der Waals surface area contributed by atoms with Gasteiger partial charge in [-0.15, -0.1) is 11.3 Å². The van der Waals surface area contributed by atoms with Gasteiger partial charge in [0.15, 0.2) is 0 Å². The largest absolute Gasteiger partial charge is 0.380 e. The van der Waals surface area contributed by atoms with Crippen molar-refractivity contribution in [3.05, 3.63) is 75.0 Å². The lowest BCUT2D eigenvalue weighted by atomic mass is 10.1. The van der Waals surface area contributed by atoms with Gasteiger partial charge in [-0.2, -0.15) is 0 Å². The smallest absolute Gasteiger partial charge is 0.255 e. The van der Waals surface area contributed by atoms with Crippen LogP contribution in [0.15, 0.2) is 53.4 Å². The highest BCUT2D eigenvalue weighted by molar-refractivity contribution is 7.89. The van der Waals surface area contributed by atoms with E-state index >= 15 is 0 Å². The Morgan fingerprint density at radius 1 is 1.00 bits per heavy atom. The van der Waals surface area contributed by atoms with Gasteiger partial charge in [0, 0.05) is 33.2 Å². The van der Waals surface area contributed by atoms with E-state index in [-0.39, 0.29) is 16.4 Å². The van der Waals surface area contributed by atoms with Crippen LogP contribution in [-0.2, 0) is 29.4 Å². The van der Waals surface area contributed by atoms with Crippen molar-refractivity contribution >= 4 is 38.6 Å². The molecule has 1 aliphatic rings. The number of rotatable bonds is 7. The minimum Gasteiger partial charge on any atom is -0.380 e. The summed E-state index contributed by atoms with van der Waals surface area (Å²) in [6.07, 6.45) is 3.23. The van der Waals surface area contributed by atoms with Gasteiger partial charge in [-0.25, -0.2) is 13.1 Å². The predicted molar refractivity (Wildman–Crippen MR) is 125 cm³/mol. The first-order valence-electron chi connectivity index (χ1n) is 10.1. The number of benzene rings is 2. The topological polar surface area (TPSA) is 87.3 Å². The molecule has 4 rings (SSSR count). The molecular formula is C23H25N3O3S2. The standard InChI is InChI=1S/C23H25N3O3S2/c1-15-6-9-21(30-15)14-25-20-11-18(12-22(13-20)31(28,29)24-2)23(27)26-19-8-7-16-4-3-5-17(16)10-19/h6-13,24-25H,3-5,14H2,1-2H3,(H,26,27). The SMILES string of the molecule is CNS(=O)(=O)c1cc(NCc2ccc(C)s2)cc(C(=O)Nc2ccc3c(c2)CCC3)c1. The lowest BCUT2D eigenvalue weighted by molar-refractivity contribution is 0.102. The lowest BCUT2D eigenvalue weighted by Crippen LogP contribution is -2.20. The molecule has 0 unspecified atom stereocenters. The number of nitrogens with one attached hydrogen (secondary N) is 3. The fourth-order valence-corrected chi connectivity index (χ4v) is 5.36. The lowest BCUT2D eigenvalue weighted by Gasteiger charge is -2.12. The minimum atomic E-state index is -3.70. The van der Waals surface area contributed by atoms with Gasteiger partial charge in [-0.05, 0) is 86.8 Å². The quantitative estimate of drug-likeness (QED) is 0.495. The molecule has 1 amide bonds. The van der Waals surface area contributed by atoms with Crippen molar-refractivity contribution in [1.29, 1.82) is 0 Å². The van der Waals surface area contributed by atoms with E-state index in [1.165, 1.54) is 29.1 Å². The van der Waals surface area contributed by atoms with Gasteiger partial charge in [0.2, 0.25) is 10.0 Å². The molecule has 0 aliphatic heterocycles. The molecule has 1 heterocycles. The average Bonchev–Trinajstić information content (AvgIpc) is 3.40. The van der Waals surface area contributed by atoms with Crippen molar-refractivity contribution in [2.75, 3.05) is 17.7 Å². The van der Waals surface area contributed by atoms with Crippen LogP contribution >= 0.6 is 11.3 Å². The van der Waals surface area contributed by atoms with Crippen LogP contribution in [0.5, 0.6) is 0 Å². The number of fused-ring (bicyclic) bond motifs is 1. The molecule has 1 aromatic heterocycles. The van der Waals surface area contributed by atoms with Crippen LogP contribution in [0.4, 0.5) is 11.4 Å². The maximum absolute atomic E-state index is 13.0. The summed E-state index contributed by atoms with van der Waals surface area (Å²) < 4.78 is 27.2. The molecular weight excluding hydrogens is 430 g/mol. The molecule has 0 radical (unpaired) electrons. The number of aryl methyl sites for hydroxylation is 3. The van der Waals surface area contributed by atoms with Crippen LogP contribution in [0.1, 0.15) is 37.7 Å². The van der Waals surface area contributed by atoms with E-state index in [0.717, 1.165) is 29.8 Å². The molecule has 0 atom stereocenters. The van der Waals surface area contributed by atoms with E-state index in [0.29, 0.717) is 12.2 Å². The van der Waals surface area contributed by atoms with Gasteiger partial charge < -0.3 is 10.6 Å². The Morgan fingerprint density at radius 2 is 1.81 bits per heavy atom. The molecule has 6 nitrogen and oxygen atoms in total. The summed E-state index contributed by atoms with van der Waals surface area (Å²) in [6, 6.07) is 14.6. The number of carbonyl (C=O) groups excluding carboxylic acids is 1. The van der Waals surface area contributed by atoms with Crippen LogP contribution in [0.3, 0.4) is 0 Å². The average molecular weight is 456 g/mol. The van der Waals surface area contributed by atoms with Gasteiger partial charge in [0.25, 0.3) is 5.91 Å². The summed E-state index contributed by atoms with van der Waals surface area (Å²) in [7, 11) is -2.35. The fraction of sp³-hybridized carbons (Fsp3) is 0.261. The van der Waals surface area contributed by atoms with Crippen molar-refractivity contribution in [3.63, 3.8) is 0 Å². The van der Waals surface area contributed by atoms with Crippen molar-refractivity contribution < 1.29 is 13.2 Å². The van der Waals surface area contributed by atoms with Gasteiger partial charge in [-0.3, -0.25) is 4.79 Å². The van der Waals surface area contributed by atoms with E-state index in [2.05, 4.69) is 21.4 Å². The zero-order valence-electron chi connectivity index (χ0n) is 17.5. The number of sulfonamides is 1. The van der Waals surface area contributed by atoms with Gasteiger partial charge in [0.1, 0.15) is 0 Å².